The standard InChI is InChI=1S/C24H24N6O4/c1-4-16-7-15(5-6-32-16)30-22-17-8-18(20-11-25-13(2)33-20)26-10-19(17)34-23(22)21(28-24(30)31)14-9-27-29(3)12-14/h8-12,15-16H,4-7H2,1-3H3. The van der Waals surface area contributed by atoms with Crippen LogP contribution in [0.3, 0.4) is 0 Å². The molecule has 0 aliphatic carbocycles. The summed E-state index contributed by atoms with van der Waals surface area (Å²) >= 11 is 0. The maximum Gasteiger partial charge on any atom is 0.349 e. The van der Waals surface area contributed by atoms with Crippen molar-refractivity contribution in [1.29, 1.82) is 0 Å². The normalized spacial score (nSPS) is 18.8. The number of rotatable bonds is 4. The predicted molar refractivity (Wildman–Crippen MR) is 124 cm³/mol. The van der Waals surface area contributed by atoms with Crippen LogP contribution in [0.15, 0.2) is 44.5 Å². The number of pyridine rings is 1. The zero-order chi connectivity index (χ0) is 23.4. The Bertz CT molecular complexity index is 1580. The number of fused-ring (bicyclic) bond motifs is 3. The average molecular weight is 460 g/mol. The Hall–Kier alpha value is -3.79. The molecular weight excluding hydrogens is 436 g/mol. The third kappa shape index (κ3) is 3.33. The lowest BCUT2D eigenvalue weighted by Gasteiger charge is -2.30. The van der Waals surface area contributed by atoms with E-state index < -0.39 is 0 Å². The first-order valence-corrected chi connectivity index (χ1v) is 11.4. The van der Waals surface area contributed by atoms with Crippen LogP contribution in [0.5, 0.6) is 0 Å². The fraction of sp³-hybridized carbons (Fsp3) is 0.375. The lowest BCUT2D eigenvalue weighted by atomic mass is 10.0. The molecule has 2 atom stereocenters. The quantitative estimate of drug-likeness (QED) is 0.395. The van der Waals surface area contributed by atoms with E-state index in [0.717, 1.165) is 24.6 Å². The van der Waals surface area contributed by atoms with Gasteiger partial charge < -0.3 is 13.6 Å². The molecular formula is C24H24N6O4. The summed E-state index contributed by atoms with van der Waals surface area (Å²) in [5.41, 5.74) is 3.30. The van der Waals surface area contributed by atoms with E-state index >= 15 is 0 Å². The summed E-state index contributed by atoms with van der Waals surface area (Å²) in [4.78, 5) is 26.7. The van der Waals surface area contributed by atoms with Gasteiger partial charge >= 0.3 is 5.69 Å². The van der Waals surface area contributed by atoms with Gasteiger partial charge in [0.25, 0.3) is 0 Å². The topological polar surface area (TPSA) is 114 Å². The Morgan fingerprint density at radius 3 is 2.79 bits per heavy atom. The van der Waals surface area contributed by atoms with Crippen molar-refractivity contribution in [1.82, 2.24) is 29.3 Å². The Kier molecular flexibility index (Phi) is 4.84. The second-order valence-corrected chi connectivity index (χ2v) is 8.68. The molecule has 5 aromatic rings. The monoisotopic (exact) mass is 460 g/mol. The fourth-order valence-electron chi connectivity index (χ4n) is 4.76. The summed E-state index contributed by atoms with van der Waals surface area (Å²) < 4.78 is 21.3. The zero-order valence-corrected chi connectivity index (χ0v) is 19.2. The van der Waals surface area contributed by atoms with Crippen LogP contribution in [0, 0.1) is 6.92 Å². The summed E-state index contributed by atoms with van der Waals surface area (Å²) in [6.07, 6.45) is 9.26. The van der Waals surface area contributed by atoms with Crippen LogP contribution in [-0.2, 0) is 11.8 Å². The van der Waals surface area contributed by atoms with Gasteiger partial charge in [-0.15, -0.1) is 0 Å². The van der Waals surface area contributed by atoms with Gasteiger partial charge in [-0.25, -0.2) is 14.8 Å². The van der Waals surface area contributed by atoms with E-state index in [0.29, 0.717) is 51.9 Å². The molecule has 1 aliphatic rings. The van der Waals surface area contributed by atoms with Gasteiger partial charge in [-0.2, -0.15) is 10.1 Å². The minimum Gasteiger partial charge on any atom is -0.450 e. The number of hydrogen-bond acceptors (Lipinski definition) is 8. The molecule has 34 heavy (non-hydrogen) atoms. The maximum absolute atomic E-state index is 13.5. The van der Waals surface area contributed by atoms with E-state index in [2.05, 4.69) is 27.0 Å². The summed E-state index contributed by atoms with van der Waals surface area (Å²) in [7, 11) is 1.82. The second-order valence-electron chi connectivity index (χ2n) is 8.68. The van der Waals surface area contributed by atoms with Gasteiger partial charge in [0, 0.05) is 43.8 Å². The largest absolute Gasteiger partial charge is 0.450 e. The summed E-state index contributed by atoms with van der Waals surface area (Å²) in [5, 5.41) is 5.03. The fourth-order valence-corrected chi connectivity index (χ4v) is 4.76. The number of aryl methyl sites for hydroxylation is 2. The van der Waals surface area contributed by atoms with Crippen molar-refractivity contribution in [2.45, 2.75) is 45.3 Å². The highest BCUT2D eigenvalue weighted by Gasteiger charge is 2.29. The molecule has 10 heteroatoms. The van der Waals surface area contributed by atoms with Crippen molar-refractivity contribution in [3.8, 4) is 22.7 Å². The Morgan fingerprint density at radius 2 is 2.06 bits per heavy atom. The van der Waals surface area contributed by atoms with Crippen LogP contribution in [0.1, 0.15) is 38.1 Å². The van der Waals surface area contributed by atoms with Crippen LogP contribution < -0.4 is 5.69 Å². The predicted octanol–water partition coefficient (Wildman–Crippen LogP) is 4.03. The smallest absolute Gasteiger partial charge is 0.349 e. The molecule has 0 aromatic carbocycles. The van der Waals surface area contributed by atoms with E-state index in [1.54, 1.807) is 34.8 Å². The zero-order valence-electron chi connectivity index (χ0n) is 19.2. The first-order valence-electron chi connectivity index (χ1n) is 11.4. The Morgan fingerprint density at radius 1 is 1.18 bits per heavy atom. The number of ether oxygens (including phenoxy) is 1. The minimum absolute atomic E-state index is 0.0471. The highest BCUT2D eigenvalue weighted by atomic mass is 16.5. The van der Waals surface area contributed by atoms with Gasteiger partial charge in [0.05, 0.1) is 24.7 Å². The summed E-state index contributed by atoms with van der Waals surface area (Å²) in [5.74, 6) is 1.11. The minimum atomic E-state index is -0.315. The van der Waals surface area contributed by atoms with Gasteiger partial charge in [-0.05, 0) is 25.3 Å². The molecule has 0 saturated carbocycles. The van der Waals surface area contributed by atoms with Crippen molar-refractivity contribution < 1.29 is 13.6 Å². The molecule has 2 unspecified atom stereocenters. The molecule has 0 N–H and O–H groups in total. The summed E-state index contributed by atoms with van der Waals surface area (Å²) in [6.45, 7) is 4.48. The van der Waals surface area contributed by atoms with E-state index in [1.807, 2.05) is 19.3 Å². The molecule has 0 bridgehead atoms. The molecule has 174 valence electrons. The van der Waals surface area contributed by atoms with Crippen LogP contribution >= 0.6 is 0 Å². The molecule has 1 saturated heterocycles. The highest BCUT2D eigenvalue weighted by Crippen LogP contribution is 2.38. The van der Waals surface area contributed by atoms with Crippen molar-refractivity contribution in [2.24, 2.45) is 7.05 Å². The Labute approximate surface area is 194 Å². The first-order chi connectivity index (χ1) is 16.5. The van der Waals surface area contributed by atoms with E-state index in [1.165, 1.54) is 0 Å². The highest BCUT2D eigenvalue weighted by molar-refractivity contribution is 6.07. The SMILES string of the molecule is CCC1CC(n2c(=O)nc(-c3cnn(C)c3)c3oc4cnc(-c5cnc(C)o5)cc4c32)CCO1. The van der Waals surface area contributed by atoms with Crippen LogP contribution in [0.25, 0.3) is 44.8 Å². The Balaban J connectivity index is 1.65. The molecule has 0 amide bonds. The van der Waals surface area contributed by atoms with E-state index in [-0.39, 0.29) is 17.8 Å². The van der Waals surface area contributed by atoms with E-state index in [9.17, 15) is 4.79 Å². The van der Waals surface area contributed by atoms with Crippen molar-refractivity contribution in [3.05, 3.63) is 47.2 Å². The van der Waals surface area contributed by atoms with Crippen molar-refractivity contribution in [2.75, 3.05) is 6.61 Å². The molecule has 0 spiro atoms. The summed E-state index contributed by atoms with van der Waals surface area (Å²) in [6, 6.07) is 1.84. The third-order valence-electron chi connectivity index (χ3n) is 6.43. The van der Waals surface area contributed by atoms with Gasteiger partial charge in [0.1, 0.15) is 16.9 Å². The number of nitrogens with zero attached hydrogens (tertiary/aromatic N) is 6. The first kappa shape index (κ1) is 20.8. The van der Waals surface area contributed by atoms with Crippen LogP contribution in [0.2, 0.25) is 0 Å². The van der Waals surface area contributed by atoms with Crippen molar-refractivity contribution >= 4 is 22.1 Å². The molecule has 0 radical (unpaired) electrons. The van der Waals surface area contributed by atoms with E-state index in [4.69, 9.17) is 13.6 Å². The molecule has 6 heterocycles. The van der Waals surface area contributed by atoms with Gasteiger partial charge in [-0.3, -0.25) is 9.25 Å². The van der Waals surface area contributed by atoms with Crippen LogP contribution in [-0.4, -0.2) is 42.0 Å². The number of oxazole rings is 1. The van der Waals surface area contributed by atoms with Gasteiger partial charge in [0.15, 0.2) is 22.8 Å². The molecule has 5 aromatic heterocycles. The lowest BCUT2D eigenvalue weighted by Crippen LogP contribution is -2.34. The average Bonchev–Trinajstić information content (AvgIpc) is 3.57. The lowest BCUT2D eigenvalue weighted by molar-refractivity contribution is -0.00709. The molecule has 1 fully saturated rings. The van der Waals surface area contributed by atoms with Crippen LogP contribution in [0.4, 0.5) is 0 Å². The maximum atomic E-state index is 13.5. The molecule has 10 nitrogen and oxygen atoms in total. The third-order valence-corrected chi connectivity index (χ3v) is 6.43. The second kappa shape index (κ2) is 7.91. The molecule has 6 rings (SSSR count). The number of aromatic nitrogens is 6. The molecule has 1 aliphatic heterocycles. The van der Waals surface area contributed by atoms with Gasteiger partial charge in [0.2, 0.25) is 0 Å². The number of hydrogen-bond donors (Lipinski definition) is 0. The van der Waals surface area contributed by atoms with Gasteiger partial charge in [-0.1, -0.05) is 6.92 Å². The van der Waals surface area contributed by atoms with Crippen molar-refractivity contribution in [3.63, 3.8) is 0 Å². The number of furan rings is 1.